The number of nitrogens with zero attached hydrogens (tertiary/aromatic N) is 1. The number of fused-ring (bicyclic) bond motifs is 3. The molecular formula is C25H25N3O5S. The molecule has 3 aromatic rings. The number of nitrogens with one attached hydrogen (secondary N) is 2. The number of ether oxygens (including phenoxy) is 1. The van der Waals surface area contributed by atoms with Gasteiger partial charge in [0.15, 0.2) is 5.13 Å². The van der Waals surface area contributed by atoms with Gasteiger partial charge in [-0.2, -0.15) is 0 Å². The number of rotatable bonds is 9. The van der Waals surface area contributed by atoms with Crippen LogP contribution in [0.3, 0.4) is 0 Å². The van der Waals surface area contributed by atoms with Crippen LogP contribution in [-0.4, -0.2) is 40.7 Å². The zero-order chi connectivity index (χ0) is 24.1. The van der Waals surface area contributed by atoms with Crippen LogP contribution in [0.15, 0.2) is 54.7 Å². The van der Waals surface area contributed by atoms with Crippen LogP contribution in [-0.2, 0) is 20.7 Å². The molecule has 0 bridgehead atoms. The van der Waals surface area contributed by atoms with Crippen molar-refractivity contribution in [1.82, 2.24) is 10.3 Å². The van der Waals surface area contributed by atoms with Crippen LogP contribution in [0.25, 0.3) is 11.1 Å². The molecule has 1 atom stereocenters. The second-order valence-corrected chi connectivity index (χ2v) is 9.26. The molecule has 0 saturated carbocycles. The van der Waals surface area contributed by atoms with Crippen LogP contribution in [0.1, 0.15) is 41.7 Å². The number of carboxylic acid groups (broad SMARTS) is 1. The molecule has 1 aliphatic rings. The van der Waals surface area contributed by atoms with Crippen LogP contribution in [0.4, 0.5) is 9.93 Å². The number of aromatic nitrogens is 1. The van der Waals surface area contributed by atoms with Crippen molar-refractivity contribution in [1.29, 1.82) is 0 Å². The van der Waals surface area contributed by atoms with Crippen LogP contribution in [0.2, 0.25) is 0 Å². The highest BCUT2D eigenvalue weighted by molar-refractivity contribution is 7.15. The molecule has 1 aliphatic carbocycles. The summed E-state index contributed by atoms with van der Waals surface area (Å²) >= 11 is 1.27. The van der Waals surface area contributed by atoms with Gasteiger partial charge in [0.05, 0.1) is 6.42 Å². The zero-order valence-electron chi connectivity index (χ0n) is 18.6. The Morgan fingerprint density at radius 3 is 2.38 bits per heavy atom. The average Bonchev–Trinajstić information content (AvgIpc) is 3.38. The monoisotopic (exact) mass is 479 g/mol. The Kier molecular flexibility index (Phi) is 7.22. The summed E-state index contributed by atoms with van der Waals surface area (Å²) in [5.74, 6) is -1.21. The van der Waals surface area contributed by atoms with E-state index in [0.29, 0.717) is 11.6 Å². The normalized spacial score (nSPS) is 13.0. The summed E-state index contributed by atoms with van der Waals surface area (Å²) in [5.41, 5.74) is 4.61. The van der Waals surface area contributed by atoms with Gasteiger partial charge in [-0.05, 0) is 35.6 Å². The molecule has 2 aromatic carbocycles. The SMILES string of the molecule is C[C@@H](CC(=O)O)NC(=O)CCc1cnc(NC(=O)OCC2c3ccccc3-c3ccccc32)s1. The Bertz CT molecular complexity index is 1160. The zero-order valence-corrected chi connectivity index (χ0v) is 19.4. The van der Waals surface area contributed by atoms with Crippen molar-refractivity contribution >= 4 is 34.4 Å². The molecule has 0 unspecified atom stereocenters. The molecular weight excluding hydrogens is 454 g/mol. The van der Waals surface area contributed by atoms with Crippen molar-refractivity contribution < 1.29 is 24.2 Å². The van der Waals surface area contributed by atoms with Crippen LogP contribution in [0.5, 0.6) is 0 Å². The summed E-state index contributed by atoms with van der Waals surface area (Å²) in [7, 11) is 0. The number of carbonyl (C=O) groups excluding carboxylic acids is 2. The lowest BCUT2D eigenvalue weighted by molar-refractivity contribution is -0.137. The summed E-state index contributed by atoms with van der Waals surface area (Å²) in [6, 6.07) is 15.8. The number of carbonyl (C=O) groups is 3. The highest BCUT2D eigenvalue weighted by Crippen LogP contribution is 2.44. The molecule has 2 amide bonds. The molecule has 0 radical (unpaired) electrons. The van der Waals surface area contributed by atoms with Gasteiger partial charge in [-0.15, -0.1) is 11.3 Å². The molecule has 0 saturated heterocycles. The van der Waals surface area contributed by atoms with Crippen molar-refractivity contribution in [3.05, 3.63) is 70.7 Å². The largest absolute Gasteiger partial charge is 0.481 e. The van der Waals surface area contributed by atoms with Gasteiger partial charge in [0.1, 0.15) is 6.61 Å². The van der Waals surface area contributed by atoms with E-state index < -0.39 is 18.1 Å². The summed E-state index contributed by atoms with van der Waals surface area (Å²) in [5, 5.41) is 14.5. The van der Waals surface area contributed by atoms with Crippen LogP contribution >= 0.6 is 11.3 Å². The van der Waals surface area contributed by atoms with E-state index in [1.54, 1.807) is 13.1 Å². The van der Waals surface area contributed by atoms with Gasteiger partial charge >= 0.3 is 12.1 Å². The van der Waals surface area contributed by atoms with Gasteiger partial charge in [-0.1, -0.05) is 48.5 Å². The molecule has 0 fully saturated rings. The predicted octanol–water partition coefficient (Wildman–Crippen LogP) is 4.42. The third-order valence-electron chi connectivity index (χ3n) is 5.59. The van der Waals surface area contributed by atoms with Crippen molar-refractivity contribution in [3.8, 4) is 11.1 Å². The minimum Gasteiger partial charge on any atom is -0.481 e. The van der Waals surface area contributed by atoms with Gasteiger partial charge in [0, 0.05) is 29.5 Å². The number of aliphatic carboxylic acids is 1. The van der Waals surface area contributed by atoms with Gasteiger partial charge in [-0.25, -0.2) is 9.78 Å². The van der Waals surface area contributed by atoms with E-state index >= 15 is 0 Å². The fourth-order valence-corrected chi connectivity index (χ4v) is 4.90. The first kappa shape index (κ1) is 23.4. The fraction of sp³-hybridized carbons (Fsp3) is 0.280. The van der Waals surface area contributed by atoms with Gasteiger partial charge < -0.3 is 15.2 Å². The lowest BCUT2D eigenvalue weighted by Crippen LogP contribution is -2.34. The quantitative estimate of drug-likeness (QED) is 0.418. The Morgan fingerprint density at radius 2 is 1.74 bits per heavy atom. The van der Waals surface area contributed by atoms with Crippen LogP contribution < -0.4 is 10.6 Å². The fourth-order valence-electron chi connectivity index (χ4n) is 4.10. The molecule has 176 valence electrons. The van der Waals surface area contributed by atoms with E-state index in [2.05, 4.69) is 39.9 Å². The molecule has 9 heteroatoms. The van der Waals surface area contributed by atoms with Gasteiger partial charge in [0.2, 0.25) is 5.91 Å². The van der Waals surface area contributed by atoms with E-state index in [9.17, 15) is 14.4 Å². The minimum atomic E-state index is -0.959. The number of hydrogen-bond donors (Lipinski definition) is 3. The predicted molar refractivity (Wildman–Crippen MR) is 129 cm³/mol. The van der Waals surface area contributed by atoms with Gasteiger partial charge in [-0.3, -0.25) is 14.9 Å². The number of hydrogen-bond acceptors (Lipinski definition) is 6. The molecule has 0 spiro atoms. The molecule has 4 rings (SSSR count). The number of aryl methyl sites for hydroxylation is 1. The van der Waals surface area contributed by atoms with Crippen molar-refractivity contribution in [2.75, 3.05) is 11.9 Å². The van der Waals surface area contributed by atoms with E-state index in [1.165, 1.54) is 11.3 Å². The standard InChI is InChI=1S/C25H25N3O5S/c1-15(12-23(30)31)27-22(29)11-10-16-13-26-24(34-16)28-25(32)33-14-21-19-8-4-2-6-17(19)18-7-3-5-9-20(18)21/h2-9,13,15,21H,10-12,14H2,1H3,(H,27,29)(H,30,31)(H,26,28,32)/t15-/m0/s1. The summed E-state index contributed by atoms with van der Waals surface area (Å²) in [4.78, 5) is 40.1. The van der Waals surface area contributed by atoms with Crippen molar-refractivity contribution in [3.63, 3.8) is 0 Å². The third-order valence-corrected chi connectivity index (χ3v) is 6.57. The first-order valence-corrected chi connectivity index (χ1v) is 11.8. The maximum atomic E-state index is 12.4. The lowest BCUT2D eigenvalue weighted by atomic mass is 9.98. The minimum absolute atomic E-state index is 0.0213. The lowest BCUT2D eigenvalue weighted by Gasteiger charge is -2.14. The molecule has 34 heavy (non-hydrogen) atoms. The van der Waals surface area contributed by atoms with E-state index in [4.69, 9.17) is 9.84 Å². The Balaban J connectivity index is 1.27. The highest BCUT2D eigenvalue weighted by Gasteiger charge is 2.29. The maximum Gasteiger partial charge on any atom is 0.413 e. The maximum absolute atomic E-state index is 12.4. The number of anilines is 1. The van der Waals surface area contributed by atoms with Crippen LogP contribution in [0, 0.1) is 0 Å². The first-order valence-electron chi connectivity index (χ1n) is 11.0. The number of carboxylic acids is 1. The van der Waals surface area contributed by atoms with E-state index in [1.807, 2.05) is 24.3 Å². The molecule has 3 N–H and O–H groups in total. The van der Waals surface area contributed by atoms with Gasteiger partial charge in [0.25, 0.3) is 0 Å². The number of amides is 2. The first-order chi connectivity index (χ1) is 16.4. The third kappa shape index (κ3) is 5.60. The second kappa shape index (κ2) is 10.5. The van der Waals surface area contributed by atoms with Crippen molar-refractivity contribution in [2.24, 2.45) is 0 Å². The number of benzene rings is 2. The molecule has 1 heterocycles. The topological polar surface area (TPSA) is 118 Å². The summed E-state index contributed by atoms with van der Waals surface area (Å²) < 4.78 is 5.53. The molecule has 0 aliphatic heterocycles. The Morgan fingerprint density at radius 1 is 1.09 bits per heavy atom. The average molecular weight is 480 g/mol. The smallest absolute Gasteiger partial charge is 0.413 e. The Labute approximate surface area is 201 Å². The number of thiazole rings is 1. The highest BCUT2D eigenvalue weighted by atomic mass is 32.1. The second-order valence-electron chi connectivity index (χ2n) is 8.15. The van der Waals surface area contributed by atoms with E-state index in [-0.39, 0.29) is 31.3 Å². The summed E-state index contributed by atoms with van der Waals surface area (Å²) in [6.07, 6.45) is 1.55. The molecule has 8 nitrogen and oxygen atoms in total. The summed E-state index contributed by atoms with van der Waals surface area (Å²) in [6.45, 7) is 1.86. The van der Waals surface area contributed by atoms with Crippen molar-refractivity contribution in [2.45, 2.75) is 38.1 Å². The Hall–Kier alpha value is -3.72. The molecule has 1 aromatic heterocycles. The van der Waals surface area contributed by atoms with E-state index in [0.717, 1.165) is 27.1 Å².